The Morgan fingerprint density at radius 1 is 0.429 bits per heavy atom. The average Bonchev–Trinajstić information content (AvgIpc) is 3.72. The zero-order valence-electron chi connectivity index (χ0n) is 26.6. The van der Waals surface area contributed by atoms with E-state index in [1.165, 1.54) is 38.1 Å². The lowest BCUT2D eigenvalue weighted by Gasteiger charge is -2.26. The van der Waals surface area contributed by atoms with Crippen molar-refractivity contribution in [1.82, 2.24) is 4.57 Å². The summed E-state index contributed by atoms with van der Waals surface area (Å²) >= 11 is 0. The van der Waals surface area contributed by atoms with Crippen molar-refractivity contribution in [2.45, 2.75) is 0 Å². The fraction of sp³-hybridized carbons (Fsp3) is 0. The van der Waals surface area contributed by atoms with Crippen LogP contribution in [0.3, 0.4) is 0 Å². The Morgan fingerprint density at radius 2 is 1.10 bits per heavy atom. The number of aromatic nitrogens is 1. The largest absolute Gasteiger partial charge is 0.456 e. The quantitative estimate of drug-likeness (QED) is 0.190. The second-order valence-corrected chi connectivity index (χ2v) is 12.6. The lowest BCUT2D eigenvalue weighted by Crippen LogP contribution is -2.09. The topological polar surface area (TPSA) is 21.3 Å². The number of para-hydroxylation sites is 3. The molecule has 3 nitrogen and oxygen atoms in total. The number of fused-ring (bicyclic) bond motifs is 8. The van der Waals surface area contributed by atoms with Crippen LogP contribution in [-0.2, 0) is 0 Å². The molecule has 0 saturated carbocycles. The third kappa shape index (κ3) is 4.37. The summed E-state index contributed by atoms with van der Waals surface area (Å²) in [6, 6.07) is 64.9. The van der Waals surface area contributed by atoms with Gasteiger partial charge in [0.05, 0.1) is 11.0 Å². The van der Waals surface area contributed by atoms with Crippen LogP contribution in [0.25, 0.3) is 71.3 Å². The lowest BCUT2D eigenvalue weighted by molar-refractivity contribution is 0.669. The van der Waals surface area contributed by atoms with Gasteiger partial charge in [0, 0.05) is 49.7 Å². The van der Waals surface area contributed by atoms with Crippen LogP contribution >= 0.6 is 0 Å². The summed E-state index contributed by atoms with van der Waals surface area (Å²) in [6.45, 7) is 0. The van der Waals surface area contributed by atoms with E-state index in [0.717, 1.165) is 50.3 Å². The Hall–Kier alpha value is -6.58. The number of nitrogens with zero attached hydrogens (tertiary/aromatic N) is 2. The van der Waals surface area contributed by atoms with Crippen molar-refractivity contribution in [3.8, 4) is 16.8 Å². The van der Waals surface area contributed by atoms with Crippen molar-refractivity contribution < 1.29 is 4.42 Å². The van der Waals surface area contributed by atoms with Crippen molar-refractivity contribution in [3.63, 3.8) is 0 Å². The molecular formula is C46H30N2O. The van der Waals surface area contributed by atoms with Crippen LogP contribution < -0.4 is 4.90 Å². The fourth-order valence-electron chi connectivity index (χ4n) is 7.58. The van der Waals surface area contributed by atoms with Crippen LogP contribution in [0, 0.1) is 0 Å². The molecule has 0 bridgehead atoms. The minimum absolute atomic E-state index is 0.907. The first-order valence-electron chi connectivity index (χ1n) is 16.7. The molecule has 0 unspecified atom stereocenters. The second-order valence-electron chi connectivity index (χ2n) is 12.6. The Morgan fingerprint density at radius 3 is 1.94 bits per heavy atom. The zero-order chi connectivity index (χ0) is 32.3. The fourth-order valence-corrected chi connectivity index (χ4v) is 7.58. The van der Waals surface area contributed by atoms with Crippen molar-refractivity contribution in [3.05, 3.63) is 182 Å². The number of benzene rings is 8. The van der Waals surface area contributed by atoms with E-state index in [4.69, 9.17) is 4.42 Å². The molecule has 49 heavy (non-hydrogen) atoms. The van der Waals surface area contributed by atoms with Gasteiger partial charge in [0.25, 0.3) is 0 Å². The molecule has 0 spiro atoms. The molecule has 0 N–H and O–H groups in total. The zero-order valence-corrected chi connectivity index (χ0v) is 26.6. The van der Waals surface area contributed by atoms with E-state index in [-0.39, 0.29) is 0 Å². The minimum Gasteiger partial charge on any atom is -0.456 e. The van der Waals surface area contributed by atoms with Gasteiger partial charge in [0.15, 0.2) is 0 Å². The van der Waals surface area contributed by atoms with Gasteiger partial charge in [-0.2, -0.15) is 0 Å². The van der Waals surface area contributed by atoms with E-state index in [0.29, 0.717) is 0 Å². The number of anilines is 3. The van der Waals surface area contributed by atoms with E-state index >= 15 is 0 Å². The summed E-state index contributed by atoms with van der Waals surface area (Å²) < 4.78 is 8.62. The van der Waals surface area contributed by atoms with E-state index in [1.54, 1.807) is 0 Å². The number of hydrogen-bond acceptors (Lipinski definition) is 2. The molecule has 0 aliphatic heterocycles. The molecule has 0 aliphatic carbocycles. The minimum atomic E-state index is 0.907. The van der Waals surface area contributed by atoms with Crippen LogP contribution in [0.5, 0.6) is 0 Å². The molecule has 3 heteroatoms. The highest BCUT2D eigenvalue weighted by atomic mass is 16.3. The summed E-state index contributed by atoms with van der Waals surface area (Å²) in [5, 5.41) is 7.23. The highest BCUT2D eigenvalue weighted by Crippen LogP contribution is 2.42. The Bertz CT molecular complexity index is 2810. The van der Waals surface area contributed by atoms with E-state index in [2.05, 4.69) is 179 Å². The number of hydrogen-bond donors (Lipinski definition) is 0. The van der Waals surface area contributed by atoms with E-state index < -0.39 is 0 Å². The van der Waals surface area contributed by atoms with Crippen molar-refractivity contribution in [2.75, 3.05) is 4.90 Å². The molecule has 0 saturated heterocycles. The van der Waals surface area contributed by atoms with Gasteiger partial charge < -0.3 is 13.9 Å². The van der Waals surface area contributed by atoms with Crippen molar-refractivity contribution in [2.24, 2.45) is 0 Å². The normalized spacial score (nSPS) is 11.7. The molecule has 0 fully saturated rings. The first-order valence-corrected chi connectivity index (χ1v) is 16.7. The molecule has 0 amide bonds. The molecular weight excluding hydrogens is 597 g/mol. The SMILES string of the molecule is c1ccc(N(c2ccc(-c3cccc4oc5ccccc5c34)cc2)c2ccc3c(c2)c2ccc4ccccc4c2n3-c2ccccc2)cc1. The Labute approximate surface area is 283 Å². The maximum atomic E-state index is 6.20. The van der Waals surface area contributed by atoms with Crippen LogP contribution in [0.1, 0.15) is 0 Å². The van der Waals surface area contributed by atoms with Crippen molar-refractivity contribution >= 4 is 71.6 Å². The second kappa shape index (κ2) is 11.0. The van der Waals surface area contributed by atoms with Crippen LogP contribution in [0.2, 0.25) is 0 Å². The van der Waals surface area contributed by atoms with Crippen LogP contribution in [0.4, 0.5) is 17.1 Å². The molecule has 10 rings (SSSR count). The number of rotatable bonds is 5. The Balaban J connectivity index is 1.16. The molecule has 0 radical (unpaired) electrons. The number of furan rings is 1. The molecule has 0 aliphatic rings. The molecule has 0 atom stereocenters. The highest BCUT2D eigenvalue weighted by Gasteiger charge is 2.19. The van der Waals surface area contributed by atoms with Crippen molar-refractivity contribution in [1.29, 1.82) is 0 Å². The average molecular weight is 627 g/mol. The predicted molar refractivity (Wildman–Crippen MR) is 206 cm³/mol. The molecule has 2 heterocycles. The first-order chi connectivity index (χ1) is 24.3. The van der Waals surface area contributed by atoms with E-state index in [9.17, 15) is 0 Å². The molecule has 10 aromatic rings. The third-order valence-electron chi connectivity index (χ3n) is 9.76. The summed E-state index contributed by atoms with van der Waals surface area (Å²) in [7, 11) is 0. The van der Waals surface area contributed by atoms with Crippen LogP contribution in [0.15, 0.2) is 186 Å². The summed E-state index contributed by atoms with van der Waals surface area (Å²) in [5.41, 5.74) is 11.0. The standard InChI is InChI=1S/C46H30N2O/c1-3-13-33(14-4-1)47(35-25-22-32(23-26-35)37-19-11-21-44-45(37)40-18-9-10-20-43(40)49-44)36-27-29-42-41(30-36)39-28-24-31-12-7-8-17-38(31)46(39)48(42)34-15-5-2-6-16-34/h1-30H. The predicted octanol–water partition coefficient (Wildman–Crippen LogP) is 13.0. The van der Waals surface area contributed by atoms with Gasteiger partial charge in [-0.3, -0.25) is 0 Å². The third-order valence-corrected chi connectivity index (χ3v) is 9.76. The lowest BCUT2D eigenvalue weighted by atomic mass is 9.99. The van der Waals surface area contributed by atoms with E-state index in [1.807, 2.05) is 12.1 Å². The highest BCUT2D eigenvalue weighted by molar-refractivity contribution is 6.19. The summed E-state index contributed by atoms with van der Waals surface area (Å²) in [6.07, 6.45) is 0. The van der Waals surface area contributed by atoms with Gasteiger partial charge in [0.2, 0.25) is 0 Å². The van der Waals surface area contributed by atoms with Gasteiger partial charge in [-0.25, -0.2) is 0 Å². The van der Waals surface area contributed by atoms with Gasteiger partial charge in [0.1, 0.15) is 11.2 Å². The molecule has 230 valence electrons. The van der Waals surface area contributed by atoms with Gasteiger partial charge in [-0.1, -0.05) is 115 Å². The monoisotopic (exact) mass is 626 g/mol. The maximum Gasteiger partial charge on any atom is 0.136 e. The maximum absolute atomic E-state index is 6.20. The summed E-state index contributed by atoms with van der Waals surface area (Å²) in [4.78, 5) is 2.35. The van der Waals surface area contributed by atoms with Gasteiger partial charge in [-0.15, -0.1) is 0 Å². The van der Waals surface area contributed by atoms with Crippen LogP contribution in [-0.4, -0.2) is 4.57 Å². The van der Waals surface area contributed by atoms with Gasteiger partial charge in [-0.05, 0) is 83.2 Å². The Kier molecular flexibility index (Phi) is 6.18. The van der Waals surface area contributed by atoms with Gasteiger partial charge >= 0.3 is 0 Å². The molecule has 2 aromatic heterocycles. The molecule has 8 aromatic carbocycles. The summed E-state index contributed by atoms with van der Waals surface area (Å²) in [5.74, 6) is 0. The first kappa shape index (κ1) is 27.5. The smallest absolute Gasteiger partial charge is 0.136 e.